The summed E-state index contributed by atoms with van der Waals surface area (Å²) < 4.78 is 46.5. The van der Waals surface area contributed by atoms with Crippen LogP contribution in [0.4, 0.5) is 0 Å². The Balaban J connectivity index is 1.44. The van der Waals surface area contributed by atoms with Crippen LogP contribution in [0.5, 0.6) is 11.6 Å². The van der Waals surface area contributed by atoms with Gasteiger partial charge in [-0.1, -0.05) is 18.2 Å². The smallest absolute Gasteiger partial charge is 0.217 e. The highest BCUT2D eigenvalue weighted by Gasteiger charge is 2.52. The second kappa shape index (κ2) is 8.37. The van der Waals surface area contributed by atoms with E-state index in [0.717, 1.165) is 11.3 Å². The number of para-hydroxylation sites is 1. The van der Waals surface area contributed by atoms with Crippen LogP contribution in [-0.4, -0.2) is 60.9 Å². The van der Waals surface area contributed by atoms with E-state index in [4.69, 9.17) is 14.2 Å². The van der Waals surface area contributed by atoms with Gasteiger partial charge in [-0.25, -0.2) is 13.4 Å². The lowest BCUT2D eigenvalue weighted by Gasteiger charge is -2.36. The van der Waals surface area contributed by atoms with Crippen LogP contribution in [0, 0.1) is 18.8 Å². The van der Waals surface area contributed by atoms with E-state index < -0.39 is 15.3 Å². The van der Waals surface area contributed by atoms with Crippen molar-refractivity contribution in [2.75, 3.05) is 33.0 Å². The van der Waals surface area contributed by atoms with Gasteiger partial charge >= 0.3 is 0 Å². The van der Waals surface area contributed by atoms with Crippen LogP contribution >= 0.6 is 0 Å². The van der Waals surface area contributed by atoms with Crippen molar-refractivity contribution in [3.05, 3.63) is 47.9 Å². The molecule has 3 aliphatic heterocycles. The summed E-state index contributed by atoms with van der Waals surface area (Å²) in [7, 11) is -3.48. The van der Waals surface area contributed by atoms with Gasteiger partial charge in [-0.3, -0.25) is 0 Å². The maximum Gasteiger partial charge on any atom is 0.217 e. The van der Waals surface area contributed by atoms with E-state index in [2.05, 4.69) is 9.97 Å². The number of sulfonamides is 1. The molecule has 3 atom stereocenters. The SMILES string of the molecule is Cc1nccc(OC[C@@H]2CN(S(=O)(=O)C3CCOCC3)[C@H]3c4ccccc4OC[C@@H]23)n1. The van der Waals surface area contributed by atoms with E-state index >= 15 is 0 Å². The fraction of sp³-hybridized carbons (Fsp3) is 0.545. The van der Waals surface area contributed by atoms with Crippen molar-refractivity contribution in [2.45, 2.75) is 31.1 Å². The standard InChI is InChI=1S/C22H27N3O5S/c1-15-23-9-6-21(24-15)30-13-16-12-25(31(26,27)17-7-10-28-11-8-17)22-18-4-2-3-5-20(18)29-14-19(16)22/h2-6,9,16-17,19,22H,7-8,10-14H2,1H3/t16-,19-,22-/m0/s1. The summed E-state index contributed by atoms with van der Waals surface area (Å²) in [4.78, 5) is 8.40. The predicted octanol–water partition coefficient (Wildman–Crippen LogP) is 2.35. The number of rotatable bonds is 5. The third-order valence-electron chi connectivity index (χ3n) is 6.52. The molecule has 0 N–H and O–H groups in total. The summed E-state index contributed by atoms with van der Waals surface area (Å²) in [6.07, 6.45) is 2.74. The Morgan fingerprint density at radius 1 is 1.19 bits per heavy atom. The molecule has 5 rings (SSSR count). The van der Waals surface area contributed by atoms with Crippen molar-refractivity contribution in [1.82, 2.24) is 14.3 Å². The monoisotopic (exact) mass is 445 g/mol. The van der Waals surface area contributed by atoms with Crippen LogP contribution in [-0.2, 0) is 14.8 Å². The number of nitrogens with zero attached hydrogens (tertiary/aromatic N) is 3. The van der Waals surface area contributed by atoms with Crippen LogP contribution in [0.1, 0.15) is 30.3 Å². The third-order valence-corrected chi connectivity index (χ3v) is 8.86. The summed E-state index contributed by atoms with van der Waals surface area (Å²) in [6, 6.07) is 9.25. The normalized spacial score (nSPS) is 26.7. The van der Waals surface area contributed by atoms with E-state index in [9.17, 15) is 8.42 Å². The first kappa shape index (κ1) is 20.7. The Morgan fingerprint density at radius 2 is 2.00 bits per heavy atom. The summed E-state index contributed by atoms with van der Waals surface area (Å²) in [6.45, 7) is 4.06. The zero-order valence-electron chi connectivity index (χ0n) is 17.5. The van der Waals surface area contributed by atoms with E-state index in [1.54, 1.807) is 16.6 Å². The third kappa shape index (κ3) is 3.90. The average molecular weight is 446 g/mol. The van der Waals surface area contributed by atoms with Gasteiger partial charge in [0, 0.05) is 49.4 Å². The molecule has 2 fully saturated rings. The maximum absolute atomic E-state index is 13.7. The molecule has 8 nitrogen and oxygen atoms in total. The summed E-state index contributed by atoms with van der Waals surface area (Å²) >= 11 is 0. The lowest BCUT2D eigenvalue weighted by atomic mass is 9.86. The van der Waals surface area contributed by atoms with Gasteiger partial charge in [0.25, 0.3) is 0 Å². The highest BCUT2D eigenvalue weighted by molar-refractivity contribution is 7.89. The molecule has 0 bridgehead atoms. The molecule has 1 aromatic heterocycles. The summed E-state index contributed by atoms with van der Waals surface area (Å²) in [5.41, 5.74) is 0.940. The van der Waals surface area contributed by atoms with Crippen molar-refractivity contribution in [3.8, 4) is 11.6 Å². The molecule has 166 valence electrons. The van der Waals surface area contributed by atoms with Gasteiger partial charge in [0.05, 0.1) is 24.5 Å². The van der Waals surface area contributed by atoms with Crippen LogP contribution < -0.4 is 9.47 Å². The molecule has 0 unspecified atom stereocenters. The molecule has 0 spiro atoms. The fourth-order valence-corrected chi connectivity index (χ4v) is 7.07. The van der Waals surface area contributed by atoms with E-state index in [0.29, 0.717) is 57.5 Å². The lowest BCUT2D eigenvalue weighted by molar-refractivity contribution is 0.0965. The van der Waals surface area contributed by atoms with Crippen molar-refractivity contribution < 1.29 is 22.6 Å². The molecule has 0 radical (unpaired) electrons. The molecule has 31 heavy (non-hydrogen) atoms. The number of aryl methyl sites for hydroxylation is 1. The minimum absolute atomic E-state index is 0.00300. The van der Waals surface area contributed by atoms with Crippen LogP contribution in [0.15, 0.2) is 36.5 Å². The van der Waals surface area contributed by atoms with Crippen molar-refractivity contribution >= 4 is 10.0 Å². The largest absolute Gasteiger partial charge is 0.493 e. The molecule has 9 heteroatoms. The molecule has 4 heterocycles. The average Bonchev–Trinajstić information content (AvgIpc) is 3.18. The van der Waals surface area contributed by atoms with E-state index in [1.807, 2.05) is 31.2 Å². The minimum atomic E-state index is -3.48. The van der Waals surface area contributed by atoms with Crippen LogP contribution in [0.25, 0.3) is 0 Å². The van der Waals surface area contributed by atoms with Gasteiger partial charge < -0.3 is 14.2 Å². The quantitative estimate of drug-likeness (QED) is 0.698. The maximum atomic E-state index is 13.7. The molecule has 1 aromatic carbocycles. The van der Waals surface area contributed by atoms with Gasteiger partial charge in [-0.15, -0.1) is 0 Å². The number of benzene rings is 1. The number of hydrogen-bond acceptors (Lipinski definition) is 7. The molecule has 0 aliphatic carbocycles. The van der Waals surface area contributed by atoms with Crippen molar-refractivity contribution in [2.24, 2.45) is 11.8 Å². The second-order valence-corrected chi connectivity index (χ2v) is 10.6. The van der Waals surface area contributed by atoms with Crippen molar-refractivity contribution in [1.29, 1.82) is 0 Å². The van der Waals surface area contributed by atoms with Crippen molar-refractivity contribution in [3.63, 3.8) is 0 Å². The topological polar surface area (TPSA) is 90.9 Å². The van der Waals surface area contributed by atoms with Crippen LogP contribution in [0.3, 0.4) is 0 Å². The molecular formula is C22H27N3O5S. The van der Waals surface area contributed by atoms with Gasteiger partial charge in [0.2, 0.25) is 15.9 Å². The second-order valence-electron chi connectivity index (χ2n) is 8.40. The Hall–Kier alpha value is -2.23. The number of aromatic nitrogens is 2. The first-order valence-corrected chi connectivity index (χ1v) is 12.3. The van der Waals surface area contributed by atoms with Crippen LogP contribution in [0.2, 0.25) is 0 Å². The Morgan fingerprint density at radius 3 is 2.81 bits per heavy atom. The minimum Gasteiger partial charge on any atom is -0.493 e. The summed E-state index contributed by atoms with van der Waals surface area (Å²) in [5.74, 6) is 1.94. The highest BCUT2D eigenvalue weighted by atomic mass is 32.2. The first-order valence-electron chi connectivity index (χ1n) is 10.8. The molecule has 2 saturated heterocycles. The van der Waals surface area contributed by atoms with Gasteiger partial charge in [-0.05, 0) is 25.8 Å². The number of ether oxygens (including phenoxy) is 3. The first-order chi connectivity index (χ1) is 15.0. The molecule has 0 saturated carbocycles. The molecule has 0 amide bonds. The number of fused-ring (bicyclic) bond motifs is 3. The Labute approximate surface area is 182 Å². The zero-order valence-corrected chi connectivity index (χ0v) is 18.3. The molecule has 3 aliphatic rings. The fourth-order valence-electron chi connectivity index (χ4n) is 4.92. The van der Waals surface area contributed by atoms with Gasteiger partial charge in [0.15, 0.2) is 0 Å². The predicted molar refractivity (Wildman–Crippen MR) is 113 cm³/mol. The van der Waals surface area contributed by atoms with E-state index in [-0.39, 0.29) is 17.9 Å². The number of hydrogen-bond donors (Lipinski definition) is 0. The molecular weight excluding hydrogens is 418 g/mol. The molecule has 2 aromatic rings. The lowest BCUT2D eigenvalue weighted by Crippen LogP contribution is -2.42. The van der Waals surface area contributed by atoms with Gasteiger partial charge in [0.1, 0.15) is 11.6 Å². The zero-order chi connectivity index (χ0) is 21.4. The van der Waals surface area contributed by atoms with Gasteiger partial charge in [-0.2, -0.15) is 9.29 Å². The highest BCUT2D eigenvalue weighted by Crippen LogP contribution is 2.49. The Kier molecular flexibility index (Phi) is 5.58. The Bertz CT molecular complexity index is 1040. The summed E-state index contributed by atoms with van der Waals surface area (Å²) in [5, 5.41) is -0.402. The van der Waals surface area contributed by atoms with E-state index in [1.165, 1.54) is 0 Å².